The van der Waals surface area contributed by atoms with Gasteiger partial charge in [0.05, 0.1) is 5.69 Å². The molecule has 0 aromatic carbocycles. The Balaban J connectivity index is 0.00000400. The van der Waals surface area contributed by atoms with Crippen LogP contribution in [0.1, 0.15) is 50.6 Å². The van der Waals surface area contributed by atoms with E-state index in [2.05, 4.69) is 48.5 Å². The molecule has 21 heavy (non-hydrogen) atoms. The minimum absolute atomic E-state index is 0. The molecule has 1 atom stereocenters. The highest BCUT2D eigenvalue weighted by atomic mass is 127. The fourth-order valence-electron chi connectivity index (χ4n) is 2.16. The van der Waals surface area contributed by atoms with Crippen LogP contribution in [0.4, 0.5) is 0 Å². The second-order valence-corrected chi connectivity index (χ2v) is 5.63. The van der Waals surface area contributed by atoms with Gasteiger partial charge in [-0.15, -0.1) is 24.0 Å². The first kappa shape index (κ1) is 20.2. The van der Waals surface area contributed by atoms with Crippen molar-refractivity contribution in [2.75, 3.05) is 19.6 Å². The SMILES string of the molecule is CCNC(=NCC(C)C)NCC(C)c1c(C)noc1C.I. The molecule has 0 fully saturated rings. The monoisotopic (exact) mass is 408 g/mol. The van der Waals surface area contributed by atoms with E-state index in [4.69, 9.17) is 4.52 Å². The number of nitrogens with one attached hydrogen (secondary N) is 2. The molecule has 6 heteroatoms. The van der Waals surface area contributed by atoms with Gasteiger partial charge in [-0.2, -0.15) is 0 Å². The lowest BCUT2D eigenvalue weighted by molar-refractivity contribution is 0.391. The zero-order chi connectivity index (χ0) is 15.1. The van der Waals surface area contributed by atoms with Crippen LogP contribution in [0.3, 0.4) is 0 Å². The Bertz CT molecular complexity index is 423. The highest BCUT2D eigenvalue weighted by Gasteiger charge is 2.16. The van der Waals surface area contributed by atoms with Crippen molar-refractivity contribution in [3.05, 3.63) is 17.0 Å². The maximum Gasteiger partial charge on any atom is 0.191 e. The first-order chi connectivity index (χ1) is 9.45. The van der Waals surface area contributed by atoms with Crippen LogP contribution in [0.2, 0.25) is 0 Å². The highest BCUT2D eigenvalue weighted by molar-refractivity contribution is 14.0. The molecule has 1 rings (SSSR count). The summed E-state index contributed by atoms with van der Waals surface area (Å²) in [4.78, 5) is 4.57. The van der Waals surface area contributed by atoms with Gasteiger partial charge in [-0.1, -0.05) is 25.9 Å². The number of guanidine groups is 1. The van der Waals surface area contributed by atoms with Crippen LogP contribution in [0.25, 0.3) is 0 Å². The quantitative estimate of drug-likeness (QED) is 0.431. The molecule has 0 aliphatic heterocycles. The normalized spacial score (nSPS) is 13.0. The molecule has 0 amide bonds. The van der Waals surface area contributed by atoms with E-state index in [0.717, 1.165) is 37.0 Å². The average molecular weight is 408 g/mol. The maximum absolute atomic E-state index is 5.23. The fraction of sp³-hybridized carbons (Fsp3) is 0.733. The van der Waals surface area contributed by atoms with Crippen LogP contribution in [0, 0.1) is 19.8 Å². The van der Waals surface area contributed by atoms with Gasteiger partial charge in [0.25, 0.3) is 0 Å². The van der Waals surface area contributed by atoms with Crippen LogP contribution >= 0.6 is 24.0 Å². The molecule has 2 N–H and O–H groups in total. The number of hydrogen-bond donors (Lipinski definition) is 2. The molecular formula is C15H29IN4O. The van der Waals surface area contributed by atoms with Gasteiger partial charge in [-0.25, -0.2) is 0 Å². The van der Waals surface area contributed by atoms with Crippen molar-refractivity contribution < 1.29 is 4.52 Å². The second-order valence-electron chi connectivity index (χ2n) is 5.63. The van der Waals surface area contributed by atoms with Crippen molar-refractivity contribution in [2.45, 2.75) is 47.5 Å². The summed E-state index contributed by atoms with van der Waals surface area (Å²) in [6.45, 7) is 15.0. The third-order valence-corrected chi connectivity index (χ3v) is 3.12. The van der Waals surface area contributed by atoms with Gasteiger partial charge < -0.3 is 15.2 Å². The highest BCUT2D eigenvalue weighted by Crippen LogP contribution is 2.22. The topological polar surface area (TPSA) is 62.5 Å². The Labute approximate surface area is 145 Å². The van der Waals surface area contributed by atoms with E-state index in [0.29, 0.717) is 11.8 Å². The number of halogens is 1. The molecule has 1 aromatic heterocycles. The Morgan fingerprint density at radius 2 is 1.90 bits per heavy atom. The van der Waals surface area contributed by atoms with Gasteiger partial charge in [0, 0.05) is 31.1 Å². The largest absolute Gasteiger partial charge is 0.361 e. The van der Waals surface area contributed by atoms with Crippen LogP contribution in [0.15, 0.2) is 9.52 Å². The summed E-state index contributed by atoms with van der Waals surface area (Å²) in [6.07, 6.45) is 0. The van der Waals surface area contributed by atoms with Gasteiger partial charge in [-0.3, -0.25) is 4.99 Å². The molecule has 0 saturated heterocycles. The first-order valence-electron chi connectivity index (χ1n) is 7.40. The third kappa shape index (κ3) is 6.67. The third-order valence-electron chi connectivity index (χ3n) is 3.12. The number of hydrogen-bond acceptors (Lipinski definition) is 3. The Morgan fingerprint density at radius 3 is 2.38 bits per heavy atom. The minimum atomic E-state index is 0. The summed E-state index contributed by atoms with van der Waals surface area (Å²) in [7, 11) is 0. The lowest BCUT2D eigenvalue weighted by atomic mass is 10.00. The summed E-state index contributed by atoms with van der Waals surface area (Å²) < 4.78 is 5.23. The molecule has 0 radical (unpaired) electrons. The van der Waals surface area contributed by atoms with Crippen LogP contribution < -0.4 is 10.6 Å². The van der Waals surface area contributed by atoms with E-state index in [1.165, 1.54) is 5.56 Å². The van der Waals surface area contributed by atoms with Crippen molar-refractivity contribution >= 4 is 29.9 Å². The van der Waals surface area contributed by atoms with Crippen LogP contribution in [-0.4, -0.2) is 30.8 Å². The molecule has 5 nitrogen and oxygen atoms in total. The number of aryl methyl sites for hydroxylation is 2. The van der Waals surface area contributed by atoms with E-state index in [1.807, 2.05) is 13.8 Å². The van der Waals surface area contributed by atoms with Crippen molar-refractivity contribution in [2.24, 2.45) is 10.9 Å². The number of nitrogens with zero attached hydrogens (tertiary/aromatic N) is 2. The fourth-order valence-corrected chi connectivity index (χ4v) is 2.16. The Morgan fingerprint density at radius 1 is 1.24 bits per heavy atom. The molecule has 0 bridgehead atoms. The predicted octanol–water partition coefficient (Wildman–Crippen LogP) is 3.22. The molecule has 0 spiro atoms. The summed E-state index contributed by atoms with van der Waals surface area (Å²) >= 11 is 0. The minimum Gasteiger partial charge on any atom is -0.361 e. The van der Waals surface area contributed by atoms with Crippen molar-refractivity contribution in [1.82, 2.24) is 15.8 Å². The number of aromatic nitrogens is 1. The number of rotatable bonds is 6. The smallest absolute Gasteiger partial charge is 0.191 e. The standard InChI is InChI=1S/C15H28N4O.HI/c1-7-16-15(17-8-10(2)3)18-9-11(4)14-12(5)19-20-13(14)6;/h10-11H,7-9H2,1-6H3,(H2,16,17,18);1H. The lowest BCUT2D eigenvalue weighted by Crippen LogP contribution is -2.39. The molecule has 0 aliphatic rings. The zero-order valence-corrected chi connectivity index (χ0v) is 16.3. The number of aliphatic imine (C=N–C) groups is 1. The van der Waals surface area contributed by atoms with Crippen molar-refractivity contribution in [3.63, 3.8) is 0 Å². The van der Waals surface area contributed by atoms with Gasteiger partial charge in [0.15, 0.2) is 5.96 Å². The van der Waals surface area contributed by atoms with Crippen molar-refractivity contribution in [1.29, 1.82) is 0 Å². The first-order valence-corrected chi connectivity index (χ1v) is 7.40. The summed E-state index contributed by atoms with van der Waals surface area (Å²) in [5.41, 5.74) is 2.16. The van der Waals surface area contributed by atoms with E-state index < -0.39 is 0 Å². The van der Waals surface area contributed by atoms with Gasteiger partial charge in [0.1, 0.15) is 5.76 Å². The summed E-state index contributed by atoms with van der Waals surface area (Å²) in [5, 5.41) is 10.7. The average Bonchev–Trinajstić information content (AvgIpc) is 2.72. The Kier molecular flexibility index (Phi) is 9.65. The second kappa shape index (κ2) is 10.0. The molecule has 1 heterocycles. The molecule has 1 unspecified atom stereocenters. The molecular weight excluding hydrogens is 379 g/mol. The zero-order valence-electron chi connectivity index (χ0n) is 14.0. The molecule has 0 aliphatic carbocycles. The van der Waals surface area contributed by atoms with E-state index >= 15 is 0 Å². The lowest BCUT2D eigenvalue weighted by Gasteiger charge is -2.16. The van der Waals surface area contributed by atoms with E-state index in [-0.39, 0.29) is 24.0 Å². The van der Waals surface area contributed by atoms with E-state index in [9.17, 15) is 0 Å². The Hall–Kier alpha value is -0.790. The molecule has 122 valence electrons. The van der Waals surface area contributed by atoms with Crippen LogP contribution in [0.5, 0.6) is 0 Å². The van der Waals surface area contributed by atoms with Gasteiger partial charge >= 0.3 is 0 Å². The summed E-state index contributed by atoms with van der Waals surface area (Å²) in [6, 6.07) is 0. The van der Waals surface area contributed by atoms with E-state index in [1.54, 1.807) is 0 Å². The predicted molar refractivity (Wildman–Crippen MR) is 98.6 cm³/mol. The van der Waals surface area contributed by atoms with Gasteiger partial charge in [-0.05, 0) is 26.7 Å². The van der Waals surface area contributed by atoms with Crippen LogP contribution in [-0.2, 0) is 0 Å². The molecule has 1 aromatic rings. The van der Waals surface area contributed by atoms with Gasteiger partial charge in [0.2, 0.25) is 0 Å². The summed E-state index contributed by atoms with van der Waals surface area (Å²) in [5.74, 6) is 2.68. The maximum atomic E-state index is 5.23. The van der Waals surface area contributed by atoms with Crippen molar-refractivity contribution in [3.8, 4) is 0 Å². The molecule has 0 saturated carbocycles.